The van der Waals surface area contributed by atoms with Crippen LogP contribution in [0.15, 0.2) is 0 Å². The number of carbonyl (C=O) groups is 3. The Kier molecular flexibility index (Phi) is 41.8. The summed E-state index contributed by atoms with van der Waals surface area (Å²) < 4.78 is 16.7. The molecule has 0 heterocycles. The van der Waals surface area contributed by atoms with Crippen LogP contribution in [0.25, 0.3) is 0 Å². The zero-order chi connectivity index (χ0) is 41.2. The van der Waals surface area contributed by atoms with Gasteiger partial charge in [-0.25, -0.2) is 0 Å². The smallest absolute Gasteiger partial charge is 0.306 e. The number of esters is 3. The van der Waals surface area contributed by atoms with E-state index in [0.717, 1.165) is 69.6 Å². The molecule has 0 amide bonds. The fourth-order valence-corrected chi connectivity index (χ4v) is 7.46. The molecule has 0 aliphatic carbocycles. The van der Waals surface area contributed by atoms with Crippen molar-refractivity contribution in [2.75, 3.05) is 13.2 Å². The van der Waals surface area contributed by atoms with Crippen LogP contribution >= 0.6 is 0 Å². The fourth-order valence-electron chi connectivity index (χ4n) is 7.46. The monoisotopic (exact) mass is 793 g/mol. The summed E-state index contributed by atoms with van der Waals surface area (Å²) in [5.74, 6) is 0.755. The molecule has 0 radical (unpaired) electrons. The maximum atomic E-state index is 12.8. The number of hydrogen-bond donors (Lipinski definition) is 0. The lowest BCUT2D eigenvalue weighted by Gasteiger charge is -2.18. The Labute approximate surface area is 348 Å². The molecule has 0 unspecified atom stereocenters. The number of hydrogen-bond acceptors (Lipinski definition) is 6. The van der Waals surface area contributed by atoms with Gasteiger partial charge < -0.3 is 14.2 Å². The summed E-state index contributed by atoms with van der Waals surface area (Å²) in [6.45, 7) is 11.3. The lowest BCUT2D eigenvalue weighted by molar-refractivity contribution is -0.167. The van der Waals surface area contributed by atoms with Crippen molar-refractivity contribution in [1.29, 1.82) is 0 Å². The first kappa shape index (κ1) is 54.4. The van der Waals surface area contributed by atoms with Gasteiger partial charge in [-0.1, -0.05) is 234 Å². The van der Waals surface area contributed by atoms with Crippen molar-refractivity contribution in [1.82, 2.24) is 0 Å². The van der Waals surface area contributed by atoms with Gasteiger partial charge in [0.2, 0.25) is 0 Å². The molecule has 0 aromatic carbocycles. The Morgan fingerprint density at radius 2 is 0.589 bits per heavy atom. The topological polar surface area (TPSA) is 78.9 Å². The highest BCUT2D eigenvalue weighted by atomic mass is 16.6. The van der Waals surface area contributed by atoms with E-state index < -0.39 is 6.10 Å². The van der Waals surface area contributed by atoms with Gasteiger partial charge in [0.05, 0.1) is 0 Å². The second-order valence-corrected chi connectivity index (χ2v) is 18.1. The molecule has 6 nitrogen and oxygen atoms in total. The van der Waals surface area contributed by atoms with E-state index in [1.54, 1.807) is 0 Å². The van der Waals surface area contributed by atoms with Crippen LogP contribution in [-0.4, -0.2) is 37.2 Å². The maximum Gasteiger partial charge on any atom is 0.306 e. The van der Waals surface area contributed by atoms with E-state index in [-0.39, 0.29) is 31.1 Å². The predicted molar refractivity (Wildman–Crippen MR) is 238 cm³/mol. The predicted octanol–water partition coefficient (Wildman–Crippen LogP) is 15.8. The highest BCUT2D eigenvalue weighted by Crippen LogP contribution is 2.17. The highest BCUT2D eigenvalue weighted by molar-refractivity contribution is 5.71. The van der Waals surface area contributed by atoms with Crippen LogP contribution in [0.2, 0.25) is 0 Å². The molecule has 0 fully saturated rings. The van der Waals surface area contributed by atoms with Gasteiger partial charge in [0.1, 0.15) is 13.2 Å². The van der Waals surface area contributed by atoms with Crippen LogP contribution in [0.3, 0.4) is 0 Å². The van der Waals surface area contributed by atoms with Gasteiger partial charge >= 0.3 is 17.9 Å². The number of unbranched alkanes of at least 4 members (excludes halogenated alkanes) is 29. The molecule has 6 heteroatoms. The number of carbonyl (C=O) groups excluding carboxylic acids is 3. The molecule has 1 atom stereocenters. The average molecular weight is 793 g/mol. The Morgan fingerprint density at radius 1 is 0.339 bits per heavy atom. The van der Waals surface area contributed by atoms with Gasteiger partial charge in [0.25, 0.3) is 0 Å². The molecule has 0 aromatic rings. The average Bonchev–Trinajstić information content (AvgIpc) is 3.16. The Balaban J connectivity index is 4.25. The highest BCUT2D eigenvalue weighted by Gasteiger charge is 2.19. The van der Waals surface area contributed by atoms with Gasteiger partial charge in [-0.3, -0.25) is 14.4 Å². The molecule has 0 aliphatic heterocycles. The van der Waals surface area contributed by atoms with Crippen LogP contribution in [0.1, 0.15) is 272 Å². The number of ether oxygens (including phenoxy) is 3. The second-order valence-electron chi connectivity index (χ2n) is 18.1. The zero-order valence-corrected chi connectivity index (χ0v) is 38.3. The van der Waals surface area contributed by atoms with Crippen molar-refractivity contribution >= 4 is 17.9 Å². The molecule has 0 N–H and O–H groups in total. The summed E-state index contributed by atoms with van der Waals surface area (Å²) in [5, 5.41) is 0. The molecule has 0 aliphatic rings. The van der Waals surface area contributed by atoms with E-state index in [4.69, 9.17) is 14.2 Å². The van der Waals surface area contributed by atoms with E-state index in [0.29, 0.717) is 19.3 Å². The van der Waals surface area contributed by atoms with Crippen molar-refractivity contribution in [3.8, 4) is 0 Å². The number of rotatable bonds is 44. The van der Waals surface area contributed by atoms with Gasteiger partial charge in [0.15, 0.2) is 6.10 Å². The minimum absolute atomic E-state index is 0.0648. The first-order valence-electron chi connectivity index (χ1n) is 24.7. The minimum atomic E-state index is -0.761. The lowest BCUT2D eigenvalue weighted by Crippen LogP contribution is -2.30. The maximum absolute atomic E-state index is 12.8. The van der Waals surface area contributed by atoms with Gasteiger partial charge in [0, 0.05) is 19.3 Å². The molecule has 56 heavy (non-hydrogen) atoms. The van der Waals surface area contributed by atoms with Crippen molar-refractivity contribution in [2.45, 2.75) is 278 Å². The summed E-state index contributed by atoms with van der Waals surface area (Å²) in [7, 11) is 0. The SMILES string of the molecule is CCCCCCCCCCCCCC(=O)OC[C@@H](COC(=O)CCCCCCCCC(C)C)OC(=O)CCCCCCCCCCCCCCCCCC(C)C. The quantitative estimate of drug-likeness (QED) is 0.0347. The Bertz CT molecular complexity index is 854. The van der Waals surface area contributed by atoms with Crippen molar-refractivity contribution in [3.63, 3.8) is 0 Å². The van der Waals surface area contributed by atoms with E-state index in [1.165, 1.54) is 161 Å². The minimum Gasteiger partial charge on any atom is -0.462 e. The molecule has 0 saturated heterocycles. The van der Waals surface area contributed by atoms with Gasteiger partial charge in [-0.2, -0.15) is 0 Å². The van der Waals surface area contributed by atoms with Crippen LogP contribution in [0.5, 0.6) is 0 Å². The third-order valence-corrected chi connectivity index (χ3v) is 11.2. The summed E-state index contributed by atoms with van der Waals surface area (Å²) in [4.78, 5) is 37.8. The second kappa shape index (κ2) is 43.0. The summed E-state index contributed by atoms with van der Waals surface area (Å²) in [6, 6.07) is 0. The van der Waals surface area contributed by atoms with E-state index in [2.05, 4.69) is 34.6 Å². The van der Waals surface area contributed by atoms with E-state index >= 15 is 0 Å². The summed E-state index contributed by atoms with van der Waals surface area (Å²) in [6.07, 6.45) is 42.4. The largest absolute Gasteiger partial charge is 0.462 e. The van der Waals surface area contributed by atoms with E-state index in [1.807, 2.05) is 0 Å². The molecule has 0 aromatic heterocycles. The van der Waals surface area contributed by atoms with Crippen LogP contribution < -0.4 is 0 Å². The third kappa shape index (κ3) is 43.5. The molecule has 0 rings (SSSR count). The lowest BCUT2D eigenvalue weighted by atomic mass is 10.0. The fraction of sp³-hybridized carbons (Fsp3) is 0.940. The molecule has 0 saturated carbocycles. The van der Waals surface area contributed by atoms with Crippen molar-refractivity contribution in [3.05, 3.63) is 0 Å². The molecule has 0 bridgehead atoms. The molecular weight excluding hydrogens is 697 g/mol. The van der Waals surface area contributed by atoms with Crippen LogP contribution in [0.4, 0.5) is 0 Å². The molecule has 332 valence electrons. The summed E-state index contributed by atoms with van der Waals surface area (Å²) in [5.41, 5.74) is 0. The normalized spacial score (nSPS) is 12.1. The molecular formula is C50H96O6. The van der Waals surface area contributed by atoms with Crippen molar-refractivity contribution < 1.29 is 28.6 Å². The first-order valence-corrected chi connectivity index (χ1v) is 24.7. The zero-order valence-electron chi connectivity index (χ0n) is 38.3. The van der Waals surface area contributed by atoms with Crippen LogP contribution in [0, 0.1) is 11.8 Å². The molecule has 0 spiro atoms. The Hall–Kier alpha value is -1.59. The van der Waals surface area contributed by atoms with Gasteiger partial charge in [-0.15, -0.1) is 0 Å². The van der Waals surface area contributed by atoms with Crippen LogP contribution in [-0.2, 0) is 28.6 Å². The first-order chi connectivity index (χ1) is 27.2. The standard InChI is InChI=1S/C50H96O6/c1-6-7-8-9-10-11-17-21-24-30-35-40-48(51)54-43-47(44-55-49(52)41-36-31-27-26-29-34-39-46(4)5)56-50(53)42-37-32-25-22-19-16-14-12-13-15-18-20-23-28-33-38-45(2)3/h45-47H,6-44H2,1-5H3/t47-/m0/s1. The summed E-state index contributed by atoms with van der Waals surface area (Å²) >= 11 is 0. The third-order valence-electron chi connectivity index (χ3n) is 11.2. The van der Waals surface area contributed by atoms with Gasteiger partial charge in [-0.05, 0) is 31.1 Å². The Morgan fingerprint density at radius 3 is 0.875 bits per heavy atom. The van der Waals surface area contributed by atoms with Crippen molar-refractivity contribution in [2.24, 2.45) is 11.8 Å². The van der Waals surface area contributed by atoms with E-state index in [9.17, 15) is 14.4 Å².